The summed E-state index contributed by atoms with van der Waals surface area (Å²) >= 11 is 1.61. The van der Waals surface area contributed by atoms with E-state index >= 15 is 0 Å². The Hall–Kier alpha value is -1.17. The number of carbonyl (C=O) groups excluding carboxylic acids is 1. The molecule has 5 nitrogen and oxygen atoms in total. The van der Waals surface area contributed by atoms with Crippen LogP contribution >= 0.6 is 11.8 Å². The van der Waals surface area contributed by atoms with Gasteiger partial charge in [-0.15, -0.1) is 11.8 Å². The predicted octanol–water partition coefficient (Wildman–Crippen LogP) is 0.179. The molecule has 0 aromatic heterocycles. The highest BCUT2D eigenvalue weighted by Gasteiger charge is 2.28. The fraction of sp³-hybridized carbons (Fsp3) is 0.429. The highest BCUT2D eigenvalue weighted by molar-refractivity contribution is 8.03. The van der Waals surface area contributed by atoms with Gasteiger partial charge in [-0.1, -0.05) is 6.92 Å². The third-order valence-corrected chi connectivity index (χ3v) is 2.69. The number of hydrogen-bond donors (Lipinski definition) is 3. The van der Waals surface area contributed by atoms with Crippen molar-refractivity contribution in [2.75, 3.05) is 5.75 Å². The smallest absolute Gasteiger partial charge is 0.312 e. The van der Waals surface area contributed by atoms with Crippen molar-refractivity contribution in [3.63, 3.8) is 0 Å². The lowest BCUT2D eigenvalue weighted by Gasteiger charge is -2.23. The number of hydrogen-bond acceptors (Lipinski definition) is 4. The van der Waals surface area contributed by atoms with Crippen molar-refractivity contribution in [1.29, 1.82) is 0 Å². The van der Waals surface area contributed by atoms with E-state index < -0.39 is 0 Å². The molecule has 0 radical (unpaired) electrons. The fourth-order valence-corrected chi connectivity index (χ4v) is 2.02. The lowest BCUT2D eigenvalue weighted by atomic mass is 10.2. The zero-order valence-electron chi connectivity index (χ0n) is 7.13. The van der Waals surface area contributed by atoms with E-state index in [9.17, 15) is 4.79 Å². The van der Waals surface area contributed by atoms with Gasteiger partial charge in [0.2, 0.25) is 0 Å². The Morgan fingerprint density at radius 2 is 2.54 bits per heavy atom. The summed E-state index contributed by atoms with van der Waals surface area (Å²) < 4.78 is 0. The van der Waals surface area contributed by atoms with E-state index in [0.29, 0.717) is 0 Å². The van der Waals surface area contributed by atoms with E-state index in [0.717, 1.165) is 16.4 Å². The second kappa shape index (κ2) is 3.29. The first-order valence-electron chi connectivity index (χ1n) is 4.04. The van der Waals surface area contributed by atoms with Gasteiger partial charge in [0.25, 0.3) is 0 Å². The van der Waals surface area contributed by atoms with Crippen molar-refractivity contribution >= 4 is 24.0 Å². The van der Waals surface area contributed by atoms with E-state index in [1.54, 1.807) is 18.0 Å². The summed E-state index contributed by atoms with van der Waals surface area (Å²) in [5.74, 6) is 0.930. The number of nitrogens with one attached hydrogen (secondary N) is 3. The number of nitrogens with zero attached hydrogens (tertiary/aromatic N) is 1. The van der Waals surface area contributed by atoms with Crippen LogP contribution < -0.4 is 16.1 Å². The maximum Gasteiger partial charge on any atom is 0.321 e. The summed E-state index contributed by atoms with van der Waals surface area (Å²) in [5, 5.41) is 10.2. The molecule has 6 heteroatoms. The van der Waals surface area contributed by atoms with Gasteiger partial charge in [0.05, 0.1) is 11.2 Å². The van der Waals surface area contributed by atoms with Crippen molar-refractivity contribution in [3.05, 3.63) is 10.6 Å². The molecule has 0 saturated carbocycles. The summed E-state index contributed by atoms with van der Waals surface area (Å²) in [5.41, 5.74) is 3.81. The van der Waals surface area contributed by atoms with Crippen molar-refractivity contribution < 1.29 is 4.79 Å². The van der Waals surface area contributed by atoms with Crippen LogP contribution in [0.15, 0.2) is 15.7 Å². The summed E-state index contributed by atoms with van der Waals surface area (Å²) in [6.45, 7) is 2.04. The van der Waals surface area contributed by atoms with Crippen molar-refractivity contribution in [3.8, 4) is 0 Å². The number of amides is 2. The summed E-state index contributed by atoms with van der Waals surface area (Å²) in [7, 11) is 0. The van der Waals surface area contributed by atoms with Gasteiger partial charge in [-0.3, -0.25) is 5.43 Å². The molecule has 13 heavy (non-hydrogen) atoms. The molecule has 3 N–H and O–H groups in total. The van der Waals surface area contributed by atoms with Gasteiger partial charge in [-0.2, -0.15) is 5.10 Å². The second-order valence-electron chi connectivity index (χ2n) is 2.64. The minimum Gasteiger partial charge on any atom is -0.312 e. The van der Waals surface area contributed by atoms with E-state index in [4.69, 9.17) is 0 Å². The lowest BCUT2D eigenvalue weighted by molar-refractivity contribution is 0.238. The Labute approximate surface area is 80.0 Å². The molecule has 2 aliphatic heterocycles. The molecule has 0 spiro atoms. The lowest BCUT2D eigenvalue weighted by Crippen LogP contribution is -2.51. The van der Waals surface area contributed by atoms with E-state index in [2.05, 4.69) is 21.2 Å². The maximum absolute atomic E-state index is 11.1. The number of thioether (sulfide) groups is 1. The summed E-state index contributed by atoms with van der Waals surface area (Å²) in [6.07, 6.45) is 1.58. The van der Waals surface area contributed by atoms with Gasteiger partial charge in [0.1, 0.15) is 6.17 Å². The Bertz CT molecular complexity index is 299. The first-order chi connectivity index (χ1) is 6.31. The number of urea groups is 1. The normalized spacial score (nSPS) is 25.0. The number of fused-ring (bicyclic) bond motifs is 1. The predicted molar refractivity (Wildman–Crippen MR) is 52.2 cm³/mol. The van der Waals surface area contributed by atoms with Crippen LogP contribution in [-0.4, -0.2) is 24.2 Å². The molecule has 2 amide bonds. The number of carbonyl (C=O) groups is 1. The van der Waals surface area contributed by atoms with E-state index in [-0.39, 0.29) is 12.2 Å². The van der Waals surface area contributed by atoms with E-state index in [1.807, 2.05) is 6.92 Å². The van der Waals surface area contributed by atoms with Crippen LogP contribution in [0.1, 0.15) is 6.92 Å². The van der Waals surface area contributed by atoms with Gasteiger partial charge in [0.15, 0.2) is 0 Å². The topological polar surface area (TPSA) is 65.5 Å². The molecular formula is C7H10N4OS. The Morgan fingerprint density at radius 3 is 3.31 bits per heavy atom. The zero-order chi connectivity index (χ0) is 9.26. The van der Waals surface area contributed by atoms with Gasteiger partial charge in [0, 0.05) is 5.57 Å². The number of rotatable bonds is 2. The SMILES string of the molecule is CCSC1=C2C=NNC2NC(=O)N1. The van der Waals surface area contributed by atoms with Crippen molar-refractivity contribution in [1.82, 2.24) is 16.1 Å². The van der Waals surface area contributed by atoms with E-state index in [1.165, 1.54) is 0 Å². The summed E-state index contributed by atoms with van der Waals surface area (Å²) in [4.78, 5) is 11.1. The molecule has 0 aromatic rings. The average Bonchev–Trinajstić information content (AvgIpc) is 2.52. The molecular weight excluding hydrogens is 188 g/mol. The molecule has 0 saturated heterocycles. The highest BCUT2D eigenvalue weighted by Crippen LogP contribution is 2.21. The minimum absolute atomic E-state index is 0.150. The van der Waals surface area contributed by atoms with Gasteiger partial charge in [-0.05, 0) is 5.75 Å². The molecule has 70 valence electrons. The van der Waals surface area contributed by atoms with Gasteiger partial charge >= 0.3 is 6.03 Å². The van der Waals surface area contributed by atoms with Crippen LogP contribution in [0.2, 0.25) is 0 Å². The van der Waals surface area contributed by atoms with Crippen LogP contribution in [0.4, 0.5) is 4.79 Å². The second-order valence-corrected chi connectivity index (χ2v) is 3.91. The Morgan fingerprint density at radius 1 is 1.69 bits per heavy atom. The standard InChI is InChI=1S/C7H10N4OS/c1-2-13-6-4-3-8-11-5(4)9-7(12)10-6/h3,5,11H,2H2,1H3,(H2,9,10,12). The molecule has 0 bridgehead atoms. The third kappa shape index (κ3) is 1.49. The largest absolute Gasteiger partial charge is 0.321 e. The molecule has 1 atom stereocenters. The quantitative estimate of drug-likeness (QED) is 0.593. The molecule has 2 aliphatic rings. The average molecular weight is 198 g/mol. The van der Waals surface area contributed by atoms with Crippen LogP contribution in [0, 0.1) is 0 Å². The monoisotopic (exact) mass is 198 g/mol. The van der Waals surface area contributed by atoms with Crippen LogP contribution in [-0.2, 0) is 0 Å². The van der Waals surface area contributed by atoms with Crippen LogP contribution in [0.3, 0.4) is 0 Å². The Kier molecular flexibility index (Phi) is 2.13. The first kappa shape index (κ1) is 8.43. The number of hydrazone groups is 1. The molecule has 0 fully saturated rings. The molecule has 2 rings (SSSR count). The van der Waals surface area contributed by atoms with Gasteiger partial charge in [-0.25, -0.2) is 4.79 Å². The molecule has 2 heterocycles. The highest BCUT2D eigenvalue weighted by atomic mass is 32.2. The first-order valence-corrected chi connectivity index (χ1v) is 5.03. The van der Waals surface area contributed by atoms with Crippen LogP contribution in [0.25, 0.3) is 0 Å². The van der Waals surface area contributed by atoms with Crippen molar-refractivity contribution in [2.24, 2.45) is 5.10 Å². The van der Waals surface area contributed by atoms with Crippen molar-refractivity contribution in [2.45, 2.75) is 13.1 Å². The summed E-state index contributed by atoms with van der Waals surface area (Å²) in [6, 6.07) is -0.178. The molecule has 1 unspecified atom stereocenters. The zero-order valence-corrected chi connectivity index (χ0v) is 7.94. The fourth-order valence-electron chi connectivity index (χ4n) is 1.23. The molecule has 0 aromatic carbocycles. The maximum atomic E-state index is 11.1. The van der Waals surface area contributed by atoms with Crippen LogP contribution in [0.5, 0.6) is 0 Å². The van der Waals surface area contributed by atoms with Gasteiger partial charge < -0.3 is 10.6 Å². The molecule has 0 aliphatic carbocycles. The third-order valence-electron chi connectivity index (χ3n) is 1.77. The minimum atomic E-state index is -0.178. The Balaban J connectivity index is 2.26.